The summed E-state index contributed by atoms with van der Waals surface area (Å²) in [5, 5.41) is 0. The number of carbonyl (C=O) groups is 2. The van der Waals surface area contributed by atoms with Crippen molar-refractivity contribution in [2.45, 2.75) is 6.92 Å². The van der Waals surface area contributed by atoms with Gasteiger partial charge in [0.15, 0.2) is 5.78 Å². The van der Waals surface area contributed by atoms with Crippen molar-refractivity contribution >= 4 is 27.6 Å². The number of piperazine rings is 1. The lowest BCUT2D eigenvalue weighted by atomic mass is 10.1. The molecule has 102 valence electrons. The lowest BCUT2D eigenvalue weighted by molar-refractivity contribution is -0.130. The fraction of sp³-hybridized carbons (Fsp3) is 0.429. The summed E-state index contributed by atoms with van der Waals surface area (Å²) in [6.07, 6.45) is 0. The Kier molecular flexibility index (Phi) is 4.71. The highest BCUT2D eigenvalue weighted by Gasteiger charge is 2.21. The topological polar surface area (TPSA) is 40.6 Å². The number of nitrogens with zero attached hydrogens (tertiary/aromatic N) is 2. The van der Waals surface area contributed by atoms with Gasteiger partial charge in [-0.25, -0.2) is 0 Å². The number of carbonyl (C=O) groups excluding carboxylic acids is 2. The van der Waals surface area contributed by atoms with Crippen LogP contribution >= 0.6 is 15.9 Å². The van der Waals surface area contributed by atoms with Crippen molar-refractivity contribution in [3.05, 3.63) is 34.3 Å². The molecule has 5 heteroatoms. The van der Waals surface area contributed by atoms with Gasteiger partial charge in [0.25, 0.3) is 0 Å². The molecule has 1 aromatic carbocycles. The minimum atomic E-state index is 0.108. The van der Waals surface area contributed by atoms with Crippen LogP contribution in [0.5, 0.6) is 0 Å². The maximum atomic E-state index is 12.2. The summed E-state index contributed by atoms with van der Waals surface area (Å²) < 4.78 is 0.836. The minimum Gasteiger partial charge on any atom is -0.340 e. The predicted molar refractivity (Wildman–Crippen MR) is 77.2 cm³/mol. The summed E-state index contributed by atoms with van der Waals surface area (Å²) in [7, 11) is 0. The molecule has 1 saturated heterocycles. The normalized spacial score (nSPS) is 16.4. The van der Waals surface area contributed by atoms with E-state index in [1.54, 1.807) is 6.92 Å². The van der Waals surface area contributed by atoms with Gasteiger partial charge in [0.2, 0.25) is 5.91 Å². The summed E-state index contributed by atoms with van der Waals surface area (Å²) in [4.78, 5) is 27.3. The van der Waals surface area contributed by atoms with E-state index >= 15 is 0 Å². The van der Waals surface area contributed by atoms with E-state index in [2.05, 4.69) is 20.8 Å². The molecule has 1 amide bonds. The number of rotatable bonds is 3. The molecule has 0 radical (unpaired) electrons. The lowest BCUT2D eigenvalue weighted by Crippen LogP contribution is -2.49. The first-order valence-corrected chi connectivity index (χ1v) is 7.13. The second kappa shape index (κ2) is 6.30. The first-order valence-electron chi connectivity index (χ1n) is 6.33. The molecule has 1 aliphatic rings. The summed E-state index contributed by atoms with van der Waals surface area (Å²) in [5.41, 5.74) is 0.719. The first kappa shape index (κ1) is 14.2. The molecular formula is C14H17BrN2O2. The third-order valence-electron chi connectivity index (χ3n) is 3.36. The van der Waals surface area contributed by atoms with Crippen LogP contribution in [0, 0.1) is 0 Å². The zero-order chi connectivity index (χ0) is 13.8. The number of Topliss-reactive ketones (excluding diaryl/α,β-unsaturated/α-hetero) is 1. The van der Waals surface area contributed by atoms with Crippen molar-refractivity contribution in [3.8, 4) is 0 Å². The van der Waals surface area contributed by atoms with Gasteiger partial charge < -0.3 is 4.90 Å². The Morgan fingerprint density at radius 3 is 2.37 bits per heavy atom. The summed E-state index contributed by atoms with van der Waals surface area (Å²) in [5.74, 6) is 0.223. The lowest BCUT2D eigenvalue weighted by Gasteiger charge is -2.33. The Morgan fingerprint density at radius 2 is 1.79 bits per heavy atom. The fourth-order valence-corrected chi connectivity index (χ4v) is 2.70. The molecule has 1 fully saturated rings. The molecule has 19 heavy (non-hydrogen) atoms. The van der Waals surface area contributed by atoms with Gasteiger partial charge in [0.05, 0.1) is 6.54 Å². The molecule has 0 saturated carbocycles. The molecule has 4 nitrogen and oxygen atoms in total. The third-order valence-corrected chi connectivity index (χ3v) is 4.05. The molecule has 0 atom stereocenters. The Labute approximate surface area is 121 Å². The van der Waals surface area contributed by atoms with E-state index in [4.69, 9.17) is 0 Å². The van der Waals surface area contributed by atoms with Crippen molar-refractivity contribution in [3.63, 3.8) is 0 Å². The van der Waals surface area contributed by atoms with Gasteiger partial charge in [0, 0.05) is 43.1 Å². The summed E-state index contributed by atoms with van der Waals surface area (Å²) >= 11 is 3.40. The first-order chi connectivity index (χ1) is 9.08. The van der Waals surface area contributed by atoms with E-state index in [0.717, 1.165) is 23.1 Å². The number of amides is 1. The van der Waals surface area contributed by atoms with Gasteiger partial charge in [0.1, 0.15) is 0 Å². The van der Waals surface area contributed by atoms with Crippen LogP contribution in [0.15, 0.2) is 28.7 Å². The minimum absolute atomic E-state index is 0.108. The fourth-order valence-electron chi connectivity index (χ4n) is 2.20. The van der Waals surface area contributed by atoms with Gasteiger partial charge in [-0.2, -0.15) is 0 Å². The molecule has 2 rings (SSSR count). The molecule has 0 aromatic heterocycles. The molecule has 0 N–H and O–H groups in total. The number of hydrogen-bond donors (Lipinski definition) is 0. The Hall–Kier alpha value is -1.20. The van der Waals surface area contributed by atoms with Crippen molar-refractivity contribution in [2.75, 3.05) is 32.7 Å². The zero-order valence-corrected chi connectivity index (χ0v) is 12.5. The van der Waals surface area contributed by atoms with Crippen molar-refractivity contribution in [1.82, 2.24) is 9.80 Å². The molecule has 0 aliphatic carbocycles. The van der Waals surface area contributed by atoms with E-state index in [0.29, 0.717) is 19.6 Å². The molecule has 0 unspecified atom stereocenters. The molecule has 1 aromatic rings. The van der Waals surface area contributed by atoms with Crippen LogP contribution in [0.4, 0.5) is 0 Å². The highest BCUT2D eigenvalue weighted by Crippen LogP contribution is 2.17. The van der Waals surface area contributed by atoms with Gasteiger partial charge in [-0.1, -0.05) is 34.1 Å². The zero-order valence-electron chi connectivity index (χ0n) is 10.9. The Bertz CT molecular complexity index is 482. The van der Waals surface area contributed by atoms with Crippen molar-refractivity contribution < 1.29 is 9.59 Å². The third kappa shape index (κ3) is 3.64. The highest BCUT2D eigenvalue weighted by atomic mass is 79.9. The van der Waals surface area contributed by atoms with E-state index < -0.39 is 0 Å². The second-order valence-electron chi connectivity index (χ2n) is 4.69. The molecule has 0 spiro atoms. The van der Waals surface area contributed by atoms with Crippen LogP contribution in [-0.4, -0.2) is 54.2 Å². The average molecular weight is 325 g/mol. The molecular weight excluding hydrogens is 308 g/mol. The van der Waals surface area contributed by atoms with Gasteiger partial charge in [-0.15, -0.1) is 0 Å². The standard InChI is InChI=1S/C14H17BrN2O2/c1-11(18)17-8-6-16(7-9-17)10-14(19)12-4-2-3-5-13(12)15/h2-5H,6-10H2,1H3. The Morgan fingerprint density at radius 1 is 1.16 bits per heavy atom. The second-order valence-corrected chi connectivity index (χ2v) is 5.54. The van der Waals surface area contributed by atoms with Crippen molar-refractivity contribution in [1.29, 1.82) is 0 Å². The average Bonchev–Trinajstić information content (AvgIpc) is 2.39. The van der Waals surface area contributed by atoms with Gasteiger partial charge >= 0.3 is 0 Å². The van der Waals surface area contributed by atoms with E-state index in [1.807, 2.05) is 29.2 Å². The maximum absolute atomic E-state index is 12.2. The number of ketones is 1. The van der Waals surface area contributed by atoms with E-state index in [-0.39, 0.29) is 11.7 Å². The van der Waals surface area contributed by atoms with Crippen LogP contribution in [-0.2, 0) is 4.79 Å². The number of benzene rings is 1. The Balaban J connectivity index is 1.91. The number of halogens is 1. The monoisotopic (exact) mass is 324 g/mol. The predicted octanol–water partition coefficient (Wildman–Crippen LogP) is 1.80. The smallest absolute Gasteiger partial charge is 0.219 e. The van der Waals surface area contributed by atoms with Crippen LogP contribution < -0.4 is 0 Å². The van der Waals surface area contributed by atoms with E-state index in [1.165, 1.54) is 0 Å². The van der Waals surface area contributed by atoms with Crippen LogP contribution in [0.2, 0.25) is 0 Å². The van der Waals surface area contributed by atoms with E-state index in [9.17, 15) is 9.59 Å². The summed E-state index contributed by atoms with van der Waals surface area (Å²) in [6.45, 7) is 4.93. The van der Waals surface area contributed by atoms with Crippen LogP contribution in [0.3, 0.4) is 0 Å². The highest BCUT2D eigenvalue weighted by molar-refractivity contribution is 9.10. The van der Waals surface area contributed by atoms with Crippen LogP contribution in [0.25, 0.3) is 0 Å². The van der Waals surface area contributed by atoms with Crippen molar-refractivity contribution in [2.24, 2.45) is 0 Å². The van der Waals surface area contributed by atoms with Gasteiger partial charge in [-0.05, 0) is 6.07 Å². The maximum Gasteiger partial charge on any atom is 0.219 e. The number of hydrogen-bond acceptors (Lipinski definition) is 3. The largest absolute Gasteiger partial charge is 0.340 e. The van der Waals surface area contributed by atoms with Gasteiger partial charge in [-0.3, -0.25) is 14.5 Å². The van der Waals surface area contributed by atoms with Crippen LogP contribution in [0.1, 0.15) is 17.3 Å². The summed E-state index contributed by atoms with van der Waals surface area (Å²) in [6, 6.07) is 7.47. The molecule has 1 heterocycles. The molecule has 0 bridgehead atoms. The quantitative estimate of drug-likeness (QED) is 0.796. The molecule has 1 aliphatic heterocycles. The SMILES string of the molecule is CC(=O)N1CCN(CC(=O)c2ccccc2Br)CC1.